The van der Waals surface area contributed by atoms with Crippen molar-refractivity contribution in [1.29, 1.82) is 0 Å². The van der Waals surface area contributed by atoms with Gasteiger partial charge < -0.3 is 4.40 Å². The summed E-state index contributed by atoms with van der Waals surface area (Å²) in [5.41, 5.74) is 3.66. The van der Waals surface area contributed by atoms with E-state index in [1.54, 1.807) is 0 Å². The van der Waals surface area contributed by atoms with Gasteiger partial charge in [-0.3, -0.25) is 4.90 Å². The molecular weight excluding hydrogens is 234 g/mol. The molecule has 1 fully saturated rings. The van der Waals surface area contributed by atoms with Crippen LogP contribution >= 0.6 is 11.6 Å². The van der Waals surface area contributed by atoms with Crippen molar-refractivity contribution in [2.24, 2.45) is 0 Å². The Balaban J connectivity index is 2.02. The first kappa shape index (κ1) is 9.92. The van der Waals surface area contributed by atoms with Crippen LogP contribution in [0.1, 0.15) is 30.3 Å². The Morgan fingerprint density at radius 1 is 1.35 bits per heavy atom. The minimum absolute atomic E-state index is 0.525. The van der Waals surface area contributed by atoms with Crippen LogP contribution in [0.25, 0.3) is 5.65 Å². The average Bonchev–Trinajstić information content (AvgIpc) is 2.76. The largest absolute Gasteiger partial charge is 0.301 e. The van der Waals surface area contributed by atoms with E-state index in [1.165, 1.54) is 24.2 Å². The van der Waals surface area contributed by atoms with E-state index in [0.29, 0.717) is 12.1 Å². The van der Waals surface area contributed by atoms with Crippen molar-refractivity contribution in [3.05, 3.63) is 34.7 Å². The second kappa shape index (κ2) is 3.24. The SMILES string of the molecule is CN1C2CCC1c1c(nc3ccc(Cl)cn13)C2. The highest BCUT2D eigenvalue weighted by Crippen LogP contribution is 2.42. The van der Waals surface area contributed by atoms with E-state index >= 15 is 0 Å². The van der Waals surface area contributed by atoms with Crippen molar-refractivity contribution in [2.45, 2.75) is 31.3 Å². The maximum absolute atomic E-state index is 6.09. The number of aromatic nitrogens is 2. The van der Waals surface area contributed by atoms with Gasteiger partial charge in [-0.2, -0.15) is 0 Å². The first-order chi connectivity index (χ1) is 8.24. The van der Waals surface area contributed by atoms with Crippen molar-refractivity contribution in [2.75, 3.05) is 7.05 Å². The summed E-state index contributed by atoms with van der Waals surface area (Å²) in [5.74, 6) is 0. The van der Waals surface area contributed by atoms with Gasteiger partial charge in [-0.25, -0.2) is 4.98 Å². The Morgan fingerprint density at radius 2 is 2.24 bits per heavy atom. The summed E-state index contributed by atoms with van der Waals surface area (Å²) in [5, 5.41) is 0.778. The molecule has 2 atom stereocenters. The van der Waals surface area contributed by atoms with Crippen LogP contribution in [-0.4, -0.2) is 27.4 Å². The van der Waals surface area contributed by atoms with Crippen molar-refractivity contribution in [3.8, 4) is 0 Å². The first-order valence-electron chi connectivity index (χ1n) is 6.12. The predicted molar refractivity (Wildman–Crippen MR) is 67.4 cm³/mol. The monoisotopic (exact) mass is 247 g/mol. The van der Waals surface area contributed by atoms with Crippen LogP contribution < -0.4 is 0 Å². The van der Waals surface area contributed by atoms with Crippen LogP contribution in [-0.2, 0) is 6.42 Å². The van der Waals surface area contributed by atoms with Gasteiger partial charge in [-0.15, -0.1) is 0 Å². The standard InChI is InChI=1S/C13H14ClN3/c1-16-9-3-4-11(16)13-10(6-9)15-12-5-2-8(14)7-17(12)13/h2,5,7,9,11H,3-4,6H2,1H3. The normalized spacial score (nSPS) is 27.6. The molecule has 2 aliphatic heterocycles. The smallest absolute Gasteiger partial charge is 0.137 e. The van der Waals surface area contributed by atoms with Gasteiger partial charge in [0.25, 0.3) is 0 Å². The topological polar surface area (TPSA) is 20.5 Å². The van der Waals surface area contributed by atoms with Gasteiger partial charge in [0.2, 0.25) is 0 Å². The highest BCUT2D eigenvalue weighted by molar-refractivity contribution is 6.30. The van der Waals surface area contributed by atoms with Crippen LogP contribution in [0.15, 0.2) is 18.3 Å². The summed E-state index contributed by atoms with van der Waals surface area (Å²) in [7, 11) is 2.23. The molecule has 88 valence electrons. The third kappa shape index (κ3) is 1.24. The van der Waals surface area contributed by atoms with E-state index in [2.05, 4.69) is 16.3 Å². The predicted octanol–water partition coefficient (Wildman–Crippen LogP) is 2.68. The van der Waals surface area contributed by atoms with Crippen LogP contribution in [0.2, 0.25) is 5.02 Å². The van der Waals surface area contributed by atoms with Crippen molar-refractivity contribution < 1.29 is 0 Å². The van der Waals surface area contributed by atoms with Gasteiger partial charge in [-0.05, 0) is 32.0 Å². The molecule has 17 heavy (non-hydrogen) atoms. The number of fused-ring (bicyclic) bond motifs is 6. The molecule has 2 aromatic heterocycles. The maximum Gasteiger partial charge on any atom is 0.137 e. The summed E-state index contributed by atoms with van der Waals surface area (Å²) in [6.45, 7) is 0. The lowest BCUT2D eigenvalue weighted by Gasteiger charge is -2.30. The van der Waals surface area contributed by atoms with E-state index in [1.807, 2.05) is 18.3 Å². The Morgan fingerprint density at radius 3 is 3.12 bits per heavy atom. The van der Waals surface area contributed by atoms with E-state index in [0.717, 1.165) is 17.1 Å². The number of nitrogens with zero attached hydrogens (tertiary/aromatic N) is 3. The number of likely N-dealkylation sites (N-methyl/N-ethyl adjacent to an activating group) is 1. The fraction of sp³-hybridized carbons (Fsp3) is 0.462. The lowest BCUT2D eigenvalue weighted by molar-refractivity contribution is 0.218. The quantitative estimate of drug-likeness (QED) is 0.714. The average molecular weight is 248 g/mol. The second-order valence-corrected chi connectivity index (χ2v) is 5.57. The number of halogens is 1. The third-order valence-electron chi connectivity index (χ3n) is 4.28. The molecule has 0 spiro atoms. The Bertz CT molecular complexity index is 604. The lowest BCUT2D eigenvalue weighted by Crippen LogP contribution is -2.34. The molecule has 2 aromatic rings. The van der Waals surface area contributed by atoms with E-state index in [9.17, 15) is 0 Å². The highest BCUT2D eigenvalue weighted by atomic mass is 35.5. The molecule has 0 radical (unpaired) electrons. The molecular formula is C13H14ClN3. The first-order valence-corrected chi connectivity index (χ1v) is 6.50. The molecule has 0 aromatic carbocycles. The van der Waals surface area contributed by atoms with Crippen molar-refractivity contribution in [3.63, 3.8) is 0 Å². The molecule has 4 rings (SSSR count). The molecule has 2 bridgehead atoms. The van der Waals surface area contributed by atoms with E-state index in [4.69, 9.17) is 16.6 Å². The number of imidazole rings is 1. The van der Waals surface area contributed by atoms with Gasteiger partial charge in [0.05, 0.1) is 22.5 Å². The zero-order valence-corrected chi connectivity index (χ0v) is 10.5. The molecule has 0 amide bonds. The third-order valence-corrected chi connectivity index (χ3v) is 4.50. The zero-order chi connectivity index (χ0) is 11.6. The minimum Gasteiger partial charge on any atom is -0.301 e. The van der Waals surface area contributed by atoms with Crippen molar-refractivity contribution in [1.82, 2.24) is 14.3 Å². The van der Waals surface area contributed by atoms with Crippen LogP contribution in [0.4, 0.5) is 0 Å². The molecule has 2 aliphatic rings. The van der Waals surface area contributed by atoms with Gasteiger partial charge in [0, 0.05) is 18.7 Å². The maximum atomic E-state index is 6.09. The summed E-state index contributed by atoms with van der Waals surface area (Å²) in [4.78, 5) is 7.24. The number of hydrogen-bond acceptors (Lipinski definition) is 2. The van der Waals surface area contributed by atoms with E-state index in [-0.39, 0.29) is 0 Å². The molecule has 1 saturated heterocycles. The molecule has 4 heterocycles. The number of hydrogen-bond donors (Lipinski definition) is 0. The Hall–Kier alpha value is -1.06. The molecule has 3 nitrogen and oxygen atoms in total. The fourth-order valence-electron chi connectivity index (χ4n) is 3.40. The Labute approximate surface area is 105 Å². The van der Waals surface area contributed by atoms with Gasteiger partial charge in [0.1, 0.15) is 5.65 Å². The summed E-state index contributed by atoms with van der Waals surface area (Å²) in [6.07, 6.45) is 5.62. The highest BCUT2D eigenvalue weighted by Gasteiger charge is 2.40. The molecule has 0 N–H and O–H groups in total. The Kier molecular flexibility index (Phi) is 1.89. The molecule has 0 saturated carbocycles. The molecule has 0 aliphatic carbocycles. The summed E-state index contributed by atoms with van der Waals surface area (Å²) >= 11 is 6.09. The van der Waals surface area contributed by atoms with Gasteiger partial charge in [-0.1, -0.05) is 11.6 Å². The van der Waals surface area contributed by atoms with Crippen molar-refractivity contribution >= 4 is 17.2 Å². The zero-order valence-electron chi connectivity index (χ0n) is 9.73. The van der Waals surface area contributed by atoms with E-state index < -0.39 is 0 Å². The number of pyridine rings is 1. The summed E-state index contributed by atoms with van der Waals surface area (Å²) in [6, 6.07) is 5.14. The van der Waals surface area contributed by atoms with Gasteiger partial charge in [0.15, 0.2) is 0 Å². The fourth-order valence-corrected chi connectivity index (χ4v) is 3.56. The molecule has 2 unspecified atom stereocenters. The molecule has 4 heteroatoms. The van der Waals surface area contributed by atoms with Crippen LogP contribution in [0.3, 0.4) is 0 Å². The van der Waals surface area contributed by atoms with Crippen LogP contribution in [0.5, 0.6) is 0 Å². The second-order valence-electron chi connectivity index (χ2n) is 5.14. The number of rotatable bonds is 0. The summed E-state index contributed by atoms with van der Waals surface area (Å²) < 4.78 is 2.18. The van der Waals surface area contributed by atoms with Gasteiger partial charge >= 0.3 is 0 Å². The van der Waals surface area contributed by atoms with Crippen LogP contribution in [0, 0.1) is 0 Å². The lowest BCUT2D eigenvalue weighted by atomic mass is 10.0. The minimum atomic E-state index is 0.525.